The fraction of sp³-hybridized carbons (Fsp3) is 0.429. The lowest BCUT2D eigenvalue weighted by molar-refractivity contribution is 0.162. The van der Waals surface area contributed by atoms with Gasteiger partial charge in [-0.05, 0) is 83.8 Å². The molecule has 2 aromatic heterocycles. The number of carbonyl (C=O) groups is 2. The third-order valence-corrected chi connectivity index (χ3v) is 10.7. The van der Waals surface area contributed by atoms with Crippen LogP contribution in [0.5, 0.6) is 0 Å². The van der Waals surface area contributed by atoms with Gasteiger partial charge in [0.05, 0.1) is 50.1 Å². The maximum absolute atomic E-state index is 15.8. The zero-order chi connectivity index (χ0) is 38.5. The van der Waals surface area contributed by atoms with Crippen LogP contribution in [0.25, 0.3) is 33.6 Å². The fourth-order valence-electron chi connectivity index (χ4n) is 7.69. The van der Waals surface area contributed by atoms with Gasteiger partial charge >= 0.3 is 12.2 Å². The quantitative estimate of drug-likeness (QED) is 0.121. The van der Waals surface area contributed by atoms with E-state index in [-0.39, 0.29) is 35.3 Å². The van der Waals surface area contributed by atoms with Crippen LogP contribution in [-0.4, -0.2) is 58.4 Å². The summed E-state index contributed by atoms with van der Waals surface area (Å²) in [6.07, 6.45) is 6.75. The first-order chi connectivity index (χ1) is 26.0. The predicted octanol–water partition coefficient (Wildman–Crippen LogP) is 9.88. The number of H-pyrrole nitrogens is 2. The van der Waals surface area contributed by atoms with Gasteiger partial charge in [-0.25, -0.2) is 28.3 Å². The standard InChI is InChI=1S/C42H50F2N6O4/c1-23(2)37(49-41(51)53-5)35(43)29-9-7-11-31(29)39-45-21-33(47-39)27-17-13-25(14-18-27)26-15-19-28(20-16-26)34-22-46-40(48-34)32-12-8-10-30(32)36(44)38(24(3)4)50-42(52)54-6/h13-24,31-32,37-38H,7-12H2,1-6H3,(H,45,47)(H,46,48)(H,49,51)(H,50,52)/b35-29-,36-30-/t31-,32-,37+,38+/m1/s1. The zero-order valence-electron chi connectivity index (χ0n) is 31.8. The number of carbonyl (C=O) groups excluding carboxylic acids is 2. The topological polar surface area (TPSA) is 134 Å². The number of nitrogens with zero attached hydrogens (tertiary/aromatic N) is 2. The Bertz CT molecular complexity index is 1850. The molecule has 4 aromatic rings. The van der Waals surface area contributed by atoms with Crippen LogP contribution in [0.4, 0.5) is 18.4 Å². The maximum atomic E-state index is 15.8. The Labute approximate surface area is 315 Å². The number of ether oxygens (including phenoxy) is 2. The fourth-order valence-corrected chi connectivity index (χ4v) is 7.69. The Morgan fingerprint density at radius 3 is 1.33 bits per heavy atom. The first-order valence-electron chi connectivity index (χ1n) is 18.8. The van der Waals surface area contributed by atoms with Crippen molar-refractivity contribution in [3.8, 4) is 33.6 Å². The van der Waals surface area contributed by atoms with Crippen LogP contribution in [0.2, 0.25) is 0 Å². The third kappa shape index (κ3) is 8.27. The molecule has 2 fully saturated rings. The minimum absolute atomic E-state index is 0.147. The van der Waals surface area contributed by atoms with Crippen LogP contribution in [0.15, 0.2) is 83.7 Å². The van der Waals surface area contributed by atoms with Gasteiger partial charge in [0.15, 0.2) is 0 Å². The predicted molar refractivity (Wildman–Crippen MR) is 205 cm³/mol. The first-order valence-corrected chi connectivity index (χ1v) is 18.8. The second-order valence-electron chi connectivity index (χ2n) is 14.9. The first kappa shape index (κ1) is 38.5. The van der Waals surface area contributed by atoms with E-state index in [2.05, 4.69) is 54.8 Å². The van der Waals surface area contributed by atoms with Crippen LogP contribution in [0, 0.1) is 11.8 Å². The van der Waals surface area contributed by atoms with Gasteiger partial charge in [-0.1, -0.05) is 76.2 Å². The molecule has 0 spiro atoms. The van der Waals surface area contributed by atoms with E-state index in [1.54, 1.807) is 12.4 Å². The van der Waals surface area contributed by atoms with E-state index in [4.69, 9.17) is 9.47 Å². The summed E-state index contributed by atoms with van der Waals surface area (Å²) >= 11 is 0. The molecule has 4 atom stereocenters. The van der Waals surface area contributed by atoms with E-state index in [1.165, 1.54) is 14.2 Å². The molecule has 0 radical (unpaired) electrons. The SMILES string of the molecule is COC(=O)N[C@H](/C(F)=C1\CCC[C@H]1c1ncc(-c2ccc(-c3ccc(-c4cnc([C@@H]5CCC/C5=C(/F)[C@@H](NC(=O)OC)C(C)C)[nH]4)cc3)cc2)[nH]1)C(C)C. The molecular formula is C42H50F2N6O4. The molecule has 6 rings (SSSR count). The van der Waals surface area contributed by atoms with Crippen molar-refractivity contribution in [1.82, 2.24) is 30.6 Å². The molecule has 286 valence electrons. The highest BCUT2D eigenvalue weighted by molar-refractivity contribution is 5.72. The number of hydrogen-bond acceptors (Lipinski definition) is 6. The maximum Gasteiger partial charge on any atom is 0.407 e. The average Bonchev–Trinajstić information content (AvgIpc) is 4.02. The van der Waals surface area contributed by atoms with Crippen molar-refractivity contribution < 1.29 is 27.8 Å². The number of aromatic amines is 2. The number of benzene rings is 2. The molecule has 2 aliphatic rings. The van der Waals surface area contributed by atoms with E-state index in [1.807, 2.05) is 52.0 Å². The molecular weight excluding hydrogens is 690 g/mol. The lowest BCUT2D eigenvalue weighted by atomic mass is 9.94. The lowest BCUT2D eigenvalue weighted by Crippen LogP contribution is -2.39. The largest absolute Gasteiger partial charge is 0.453 e. The Morgan fingerprint density at radius 2 is 1.00 bits per heavy atom. The molecule has 0 unspecified atom stereocenters. The molecule has 4 N–H and O–H groups in total. The van der Waals surface area contributed by atoms with Crippen molar-refractivity contribution >= 4 is 12.2 Å². The van der Waals surface area contributed by atoms with Crippen LogP contribution in [0.1, 0.15) is 89.7 Å². The van der Waals surface area contributed by atoms with Gasteiger partial charge in [-0.15, -0.1) is 0 Å². The Hall–Kier alpha value is -5.26. The number of methoxy groups -OCH3 is 2. The van der Waals surface area contributed by atoms with E-state index in [0.717, 1.165) is 71.0 Å². The molecule has 2 aromatic carbocycles. The molecule has 0 saturated heterocycles. The number of amides is 2. The van der Waals surface area contributed by atoms with Gasteiger partial charge in [-0.3, -0.25) is 0 Å². The number of alkyl carbamates (subject to hydrolysis) is 2. The summed E-state index contributed by atoms with van der Waals surface area (Å²) in [6, 6.07) is 14.9. The summed E-state index contributed by atoms with van der Waals surface area (Å²) < 4.78 is 41.1. The van der Waals surface area contributed by atoms with Crippen LogP contribution in [0.3, 0.4) is 0 Å². The van der Waals surface area contributed by atoms with Crippen LogP contribution in [-0.2, 0) is 9.47 Å². The Morgan fingerprint density at radius 1 is 0.648 bits per heavy atom. The van der Waals surface area contributed by atoms with Crippen molar-refractivity contribution in [3.05, 3.63) is 95.4 Å². The summed E-state index contributed by atoms with van der Waals surface area (Å²) in [6.45, 7) is 7.48. The number of nitrogens with one attached hydrogen (secondary N) is 4. The highest BCUT2D eigenvalue weighted by Gasteiger charge is 2.34. The van der Waals surface area contributed by atoms with Crippen molar-refractivity contribution in [2.24, 2.45) is 11.8 Å². The number of allylic oxidation sites excluding steroid dienone is 2. The number of hydrogen-bond donors (Lipinski definition) is 4. The van der Waals surface area contributed by atoms with Crippen LogP contribution < -0.4 is 10.6 Å². The van der Waals surface area contributed by atoms with Gasteiger partial charge in [0, 0.05) is 11.8 Å². The van der Waals surface area contributed by atoms with Gasteiger partial charge in [0.25, 0.3) is 0 Å². The van der Waals surface area contributed by atoms with Crippen molar-refractivity contribution in [3.63, 3.8) is 0 Å². The molecule has 12 heteroatoms. The Balaban J connectivity index is 1.14. The summed E-state index contributed by atoms with van der Waals surface area (Å²) in [5, 5.41) is 5.30. The summed E-state index contributed by atoms with van der Waals surface area (Å²) in [5.41, 5.74) is 7.08. The number of halogens is 2. The number of rotatable bonds is 11. The third-order valence-electron chi connectivity index (χ3n) is 10.7. The second kappa shape index (κ2) is 16.8. The lowest BCUT2D eigenvalue weighted by Gasteiger charge is -2.23. The van der Waals surface area contributed by atoms with Crippen LogP contribution >= 0.6 is 0 Å². The molecule has 2 aliphatic carbocycles. The van der Waals surface area contributed by atoms with Crippen molar-refractivity contribution in [2.45, 2.75) is 90.1 Å². The molecule has 10 nitrogen and oxygen atoms in total. The zero-order valence-corrected chi connectivity index (χ0v) is 31.8. The highest BCUT2D eigenvalue weighted by Crippen LogP contribution is 2.43. The monoisotopic (exact) mass is 740 g/mol. The summed E-state index contributed by atoms with van der Waals surface area (Å²) in [7, 11) is 2.55. The average molecular weight is 741 g/mol. The molecule has 0 aliphatic heterocycles. The minimum Gasteiger partial charge on any atom is -0.453 e. The van der Waals surface area contributed by atoms with Gasteiger partial charge in [0.1, 0.15) is 23.3 Å². The highest BCUT2D eigenvalue weighted by atomic mass is 19.1. The molecule has 54 heavy (non-hydrogen) atoms. The van der Waals surface area contributed by atoms with Gasteiger partial charge in [-0.2, -0.15) is 0 Å². The summed E-state index contributed by atoms with van der Waals surface area (Å²) in [4.78, 5) is 40.0. The Kier molecular flexibility index (Phi) is 12.0. The molecule has 2 amide bonds. The number of aromatic nitrogens is 4. The normalized spacial score (nSPS) is 20.2. The van der Waals surface area contributed by atoms with Crippen molar-refractivity contribution in [2.75, 3.05) is 14.2 Å². The molecule has 2 saturated carbocycles. The van der Waals surface area contributed by atoms with E-state index in [9.17, 15) is 9.59 Å². The van der Waals surface area contributed by atoms with Gasteiger partial charge < -0.3 is 30.1 Å². The van der Waals surface area contributed by atoms with E-state index < -0.39 is 24.3 Å². The van der Waals surface area contributed by atoms with Crippen molar-refractivity contribution in [1.29, 1.82) is 0 Å². The minimum atomic E-state index is -0.762. The molecule has 2 heterocycles. The molecule has 0 bridgehead atoms. The number of imidazole rings is 2. The second-order valence-corrected chi connectivity index (χ2v) is 14.9. The summed E-state index contributed by atoms with van der Waals surface area (Å²) in [5.74, 6) is 0.151. The van der Waals surface area contributed by atoms with Gasteiger partial charge in [0.2, 0.25) is 0 Å². The van der Waals surface area contributed by atoms with E-state index in [0.29, 0.717) is 24.0 Å². The smallest absolute Gasteiger partial charge is 0.407 e. The van der Waals surface area contributed by atoms with E-state index >= 15 is 8.78 Å².